The highest BCUT2D eigenvalue weighted by Gasteiger charge is 2.23. The Morgan fingerprint density at radius 2 is 2.09 bits per heavy atom. The Morgan fingerprint density at radius 3 is 2.71 bits per heavy atom. The molecule has 0 radical (unpaired) electrons. The maximum atomic E-state index is 14.7. The van der Waals surface area contributed by atoms with Gasteiger partial charge in [-0.1, -0.05) is 6.08 Å². The topological polar surface area (TPSA) is 91.1 Å². The lowest BCUT2D eigenvalue weighted by atomic mass is 10.0. The summed E-state index contributed by atoms with van der Waals surface area (Å²) in [6.45, 7) is 7.72. The Hall–Kier alpha value is -3.79. The molecule has 0 atom stereocenters. The van der Waals surface area contributed by atoms with Gasteiger partial charge in [-0.2, -0.15) is 14.8 Å². The first-order valence-corrected chi connectivity index (χ1v) is 11.5. The smallest absolute Gasteiger partial charge is 0.369 e. The monoisotopic (exact) mass is 480 g/mol. The third-order valence-electron chi connectivity index (χ3n) is 6.06. The highest BCUT2D eigenvalue weighted by Crippen LogP contribution is 2.28. The van der Waals surface area contributed by atoms with E-state index >= 15 is 0 Å². The van der Waals surface area contributed by atoms with Crippen LogP contribution in [0.2, 0.25) is 0 Å². The van der Waals surface area contributed by atoms with Crippen molar-refractivity contribution in [3.63, 3.8) is 0 Å². The molecule has 10 heteroatoms. The van der Waals surface area contributed by atoms with Crippen molar-refractivity contribution in [2.45, 2.75) is 25.9 Å². The number of aromatic amines is 1. The number of hydrogen-bond donors (Lipinski definition) is 2. The van der Waals surface area contributed by atoms with Gasteiger partial charge in [0.15, 0.2) is 5.69 Å². The number of benzene rings is 1. The van der Waals surface area contributed by atoms with Crippen LogP contribution in [-0.4, -0.2) is 75.4 Å². The Bertz CT molecular complexity index is 1310. The zero-order chi connectivity index (χ0) is 25.1. The number of piperidine rings is 1. The molecule has 0 spiro atoms. The molecule has 35 heavy (non-hydrogen) atoms. The van der Waals surface area contributed by atoms with Gasteiger partial charge in [-0.3, -0.25) is 14.6 Å². The molecule has 2 N–H and O–H groups in total. The molecule has 3 aromatic rings. The second kappa shape index (κ2) is 10.2. The van der Waals surface area contributed by atoms with Gasteiger partial charge in [-0.15, -0.1) is 0 Å². The number of fused-ring (bicyclic) bond motifs is 1. The Kier molecular flexibility index (Phi) is 7.11. The van der Waals surface area contributed by atoms with Crippen LogP contribution in [0, 0.1) is 5.82 Å². The fourth-order valence-corrected chi connectivity index (χ4v) is 4.02. The van der Waals surface area contributed by atoms with Crippen molar-refractivity contribution in [1.29, 1.82) is 0 Å². The molecule has 3 heterocycles. The summed E-state index contributed by atoms with van der Waals surface area (Å²) in [6, 6.07) is 2.95. The van der Waals surface area contributed by atoms with Crippen LogP contribution in [0.25, 0.3) is 22.0 Å². The molecule has 184 valence electrons. The van der Waals surface area contributed by atoms with Crippen molar-refractivity contribution in [2.24, 2.45) is 7.05 Å². The molecule has 0 saturated carbocycles. The number of H-pyrrole nitrogens is 1. The van der Waals surface area contributed by atoms with Gasteiger partial charge in [0.1, 0.15) is 25.7 Å². The number of nitrogens with zero attached hydrogens (tertiary/aromatic N) is 5. The molecule has 2 aromatic heterocycles. The van der Waals surface area contributed by atoms with E-state index in [0.717, 1.165) is 25.9 Å². The van der Waals surface area contributed by atoms with Gasteiger partial charge in [0.25, 0.3) is 5.91 Å². The Labute approximate surface area is 203 Å². The number of aromatic nitrogens is 4. The van der Waals surface area contributed by atoms with Gasteiger partial charge in [0, 0.05) is 54.6 Å². The lowest BCUT2D eigenvalue weighted by molar-refractivity contribution is -0.475. The van der Waals surface area contributed by atoms with Crippen molar-refractivity contribution in [1.82, 2.24) is 30.2 Å². The summed E-state index contributed by atoms with van der Waals surface area (Å²) >= 11 is 0. The molecule has 1 amide bonds. The average Bonchev–Trinajstić information content (AvgIpc) is 3.44. The summed E-state index contributed by atoms with van der Waals surface area (Å²) in [5.41, 5.74) is 2.10. The number of allylic oxidation sites excluding steroid dienone is 2. The van der Waals surface area contributed by atoms with E-state index in [1.54, 1.807) is 54.0 Å². The quantitative estimate of drug-likeness (QED) is 0.235. The molecule has 0 bridgehead atoms. The lowest BCUT2D eigenvalue weighted by Crippen LogP contribution is -2.34. The number of halogens is 1. The number of ether oxygens (including phenoxy) is 1. The molecule has 0 unspecified atom stereocenters. The number of nitrogens with one attached hydrogen (secondary N) is 2. The molecular weight excluding hydrogens is 449 g/mol. The summed E-state index contributed by atoms with van der Waals surface area (Å²) in [5.74, 6) is -0.289. The van der Waals surface area contributed by atoms with E-state index in [9.17, 15) is 9.18 Å². The fraction of sp³-hybridized carbons (Fsp3) is 0.360. The Morgan fingerprint density at radius 1 is 1.34 bits per heavy atom. The van der Waals surface area contributed by atoms with Crippen LogP contribution in [0.4, 0.5) is 4.39 Å². The van der Waals surface area contributed by atoms with E-state index < -0.39 is 11.7 Å². The summed E-state index contributed by atoms with van der Waals surface area (Å²) in [7, 11) is 5.66. The highest BCUT2D eigenvalue weighted by molar-refractivity contribution is 6.06. The van der Waals surface area contributed by atoms with E-state index in [1.807, 2.05) is 6.92 Å². The van der Waals surface area contributed by atoms with Crippen LogP contribution in [-0.2, 0) is 11.8 Å². The minimum absolute atomic E-state index is 0.0894. The first kappa shape index (κ1) is 24.3. The van der Waals surface area contributed by atoms with Gasteiger partial charge >= 0.3 is 5.88 Å². The second-order valence-corrected chi connectivity index (χ2v) is 8.85. The zero-order valence-corrected chi connectivity index (χ0v) is 20.5. The van der Waals surface area contributed by atoms with E-state index in [1.165, 1.54) is 6.07 Å². The molecule has 1 saturated heterocycles. The summed E-state index contributed by atoms with van der Waals surface area (Å²) in [6.07, 6.45) is 8.75. The minimum atomic E-state index is -0.424. The average molecular weight is 481 g/mol. The lowest BCUT2D eigenvalue weighted by Gasteiger charge is -2.28. The zero-order valence-electron chi connectivity index (χ0n) is 20.5. The van der Waals surface area contributed by atoms with Gasteiger partial charge in [-0.25, -0.2) is 4.39 Å². The van der Waals surface area contributed by atoms with Crippen molar-refractivity contribution in [3.05, 3.63) is 59.8 Å². The maximum Gasteiger partial charge on any atom is 0.369 e. The van der Waals surface area contributed by atoms with E-state index in [2.05, 4.69) is 39.3 Å². The molecule has 1 fully saturated rings. The van der Waals surface area contributed by atoms with Crippen LogP contribution >= 0.6 is 0 Å². The van der Waals surface area contributed by atoms with Gasteiger partial charge in [0.05, 0.1) is 17.8 Å². The van der Waals surface area contributed by atoms with Crippen LogP contribution in [0.3, 0.4) is 0 Å². The standard InChI is InChI=1S/C25H30FN7O2/c1-6-17(11-23(31(2)3)35-18-7-9-32(4)10-8-18)28-25(34)24-20-12-19(16-14-27-33(5)15-16)21(26)13-22(20)29-30-24/h6,11-15,18H,2,7-10H2,1,3-5H3,(H-,28,29,30,34)/p+1/b17-6+,23-11+. The molecule has 1 aliphatic rings. The highest BCUT2D eigenvalue weighted by atomic mass is 19.1. The predicted molar refractivity (Wildman–Crippen MR) is 132 cm³/mol. The molecule has 1 aliphatic heterocycles. The van der Waals surface area contributed by atoms with Crippen molar-refractivity contribution < 1.29 is 18.5 Å². The summed E-state index contributed by atoms with van der Waals surface area (Å²) < 4.78 is 24.1. The van der Waals surface area contributed by atoms with E-state index in [0.29, 0.717) is 33.6 Å². The first-order valence-electron chi connectivity index (χ1n) is 11.5. The molecular formula is C25H31FN7O2+. The normalized spacial score (nSPS) is 16.0. The maximum absolute atomic E-state index is 14.7. The molecule has 4 rings (SSSR count). The number of amides is 1. The minimum Gasteiger partial charge on any atom is -0.441 e. The van der Waals surface area contributed by atoms with Crippen LogP contribution in [0.15, 0.2) is 48.3 Å². The summed E-state index contributed by atoms with van der Waals surface area (Å²) in [4.78, 5) is 15.4. The number of likely N-dealkylation sites (tertiary alicyclic amines) is 1. The van der Waals surface area contributed by atoms with Crippen LogP contribution < -0.4 is 5.32 Å². The van der Waals surface area contributed by atoms with Crippen LogP contribution in [0.5, 0.6) is 0 Å². The van der Waals surface area contributed by atoms with Crippen molar-refractivity contribution >= 4 is 23.5 Å². The SMILES string of the molecule is C=[N+](C)/C(=C\C(=C/C)NC(=O)c1n[nH]c2cc(F)c(-c3cnn(C)c3)cc12)OC1CCN(C)CC1. The third-order valence-corrected chi connectivity index (χ3v) is 6.06. The number of rotatable bonds is 7. The Balaban J connectivity index is 1.56. The molecule has 0 aliphatic carbocycles. The number of hydrogen-bond acceptors (Lipinski definition) is 5. The fourth-order valence-electron chi connectivity index (χ4n) is 4.02. The third kappa shape index (κ3) is 5.48. The van der Waals surface area contributed by atoms with Gasteiger partial charge in [0.2, 0.25) is 0 Å². The predicted octanol–water partition coefficient (Wildman–Crippen LogP) is 3.03. The van der Waals surface area contributed by atoms with Crippen molar-refractivity contribution in [2.75, 3.05) is 27.2 Å². The number of carbonyl (C=O) groups is 1. The molecule has 1 aromatic carbocycles. The van der Waals surface area contributed by atoms with Gasteiger partial charge < -0.3 is 15.0 Å². The number of aryl methyl sites for hydroxylation is 1. The van der Waals surface area contributed by atoms with Crippen molar-refractivity contribution in [3.8, 4) is 11.1 Å². The van der Waals surface area contributed by atoms with E-state index in [-0.39, 0.29) is 11.8 Å². The second-order valence-electron chi connectivity index (χ2n) is 8.85. The number of carbonyl (C=O) groups excluding carboxylic acids is 1. The van der Waals surface area contributed by atoms with Gasteiger partial charge in [-0.05, 0) is 32.9 Å². The first-order chi connectivity index (χ1) is 16.7. The largest absolute Gasteiger partial charge is 0.441 e. The summed E-state index contributed by atoms with van der Waals surface area (Å²) in [5, 5.41) is 14.4. The molecule has 9 nitrogen and oxygen atoms in total. The van der Waals surface area contributed by atoms with E-state index in [4.69, 9.17) is 4.74 Å². The van der Waals surface area contributed by atoms with Crippen LogP contribution in [0.1, 0.15) is 30.3 Å².